The highest BCUT2D eigenvalue weighted by atomic mass is 32.2. The molecular formula is C4H3N2O2S-. The van der Waals surface area contributed by atoms with Crippen LogP contribution in [0.2, 0.25) is 0 Å². The first-order valence-corrected chi connectivity index (χ1v) is 3.30. The molecule has 0 aromatic carbocycles. The lowest BCUT2D eigenvalue weighted by Crippen LogP contribution is -2.11. The second kappa shape index (κ2) is 2.10. The third-order valence-electron chi connectivity index (χ3n) is 0.727. The van der Waals surface area contributed by atoms with Crippen molar-refractivity contribution in [3.05, 3.63) is 11.1 Å². The van der Waals surface area contributed by atoms with Crippen LogP contribution in [0, 0.1) is 0 Å². The van der Waals surface area contributed by atoms with Gasteiger partial charge in [-0.05, 0) is 16.5 Å². The monoisotopic (exact) mass is 143 g/mol. The third kappa shape index (κ3) is 1.23. The van der Waals surface area contributed by atoms with E-state index in [1.165, 1.54) is 0 Å². The van der Waals surface area contributed by atoms with E-state index in [0.717, 1.165) is 5.41 Å². The van der Waals surface area contributed by atoms with E-state index in [0.29, 0.717) is 0 Å². The third-order valence-corrected chi connectivity index (χ3v) is 1.44. The maximum Gasteiger partial charge on any atom is 0.184 e. The van der Waals surface area contributed by atoms with Gasteiger partial charge in [0.15, 0.2) is 5.91 Å². The van der Waals surface area contributed by atoms with Gasteiger partial charge in [0, 0.05) is 0 Å². The van der Waals surface area contributed by atoms with Crippen molar-refractivity contribution >= 4 is 22.3 Å². The van der Waals surface area contributed by atoms with Crippen LogP contribution < -0.4 is 5.73 Å². The molecule has 1 heterocycles. The molecule has 0 aliphatic carbocycles. The largest absolute Gasteiger partial charge is 0.437 e. The quantitative estimate of drug-likeness (QED) is 0.477. The maximum atomic E-state index is 10.4. The van der Waals surface area contributed by atoms with E-state index in [2.05, 4.69) is 10.5 Å². The van der Waals surface area contributed by atoms with Crippen molar-refractivity contribution < 1.29 is 9.00 Å². The second-order valence-corrected chi connectivity index (χ2v) is 2.38. The number of aliphatic imine (C=N–C) groups is 1. The van der Waals surface area contributed by atoms with Gasteiger partial charge in [0.2, 0.25) is 0 Å². The van der Waals surface area contributed by atoms with Crippen LogP contribution in [0.3, 0.4) is 0 Å². The standard InChI is InChI=1S/C4H3N2O2S/c5-4(7)3-1-9(8)2-6-3/h1H,(H2,5,7)/q-1. The Morgan fingerprint density at radius 2 is 2.56 bits per heavy atom. The van der Waals surface area contributed by atoms with Crippen LogP contribution in [-0.4, -0.2) is 15.7 Å². The van der Waals surface area contributed by atoms with E-state index < -0.39 is 16.7 Å². The fourth-order valence-electron chi connectivity index (χ4n) is 0.361. The zero-order valence-electron chi connectivity index (χ0n) is 4.33. The second-order valence-electron chi connectivity index (χ2n) is 1.37. The lowest BCUT2D eigenvalue weighted by Gasteiger charge is -1.94. The van der Waals surface area contributed by atoms with E-state index in [1.54, 1.807) is 0 Å². The van der Waals surface area contributed by atoms with Crippen molar-refractivity contribution in [2.75, 3.05) is 0 Å². The Hall–Kier alpha value is -0.970. The van der Waals surface area contributed by atoms with Crippen LogP contribution >= 0.6 is 0 Å². The molecule has 1 amide bonds. The molecule has 5 heteroatoms. The van der Waals surface area contributed by atoms with Gasteiger partial charge in [-0.1, -0.05) is 11.0 Å². The Kier molecular flexibility index (Phi) is 1.44. The minimum atomic E-state index is -1.35. The number of amides is 1. The summed E-state index contributed by atoms with van der Waals surface area (Å²) in [5, 5.41) is 1.16. The summed E-state index contributed by atoms with van der Waals surface area (Å²) in [6, 6.07) is 0. The molecule has 1 aliphatic rings. The summed E-state index contributed by atoms with van der Waals surface area (Å²) in [5.41, 5.74) is 6.96. The van der Waals surface area contributed by atoms with Crippen molar-refractivity contribution in [2.45, 2.75) is 0 Å². The molecule has 0 fully saturated rings. The van der Waals surface area contributed by atoms with Crippen LogP contribution in [0.15, 0.2) is 16.1 Å². The van der Waals surface area contributed by atoms with E-state index in [9.17, 15) is 9.00 Å². The Labute approximate surface area is 53.9 Å². The number of hydrogen-bond donors (Lipinski definition) is 1. The van der Waals surface area contributed by atoms with Crippen LogP contribution in [0.5, 0.6) is 0 Å². The number of hydrogen-bond acceptors (Lipinski definition) is 3. The fourth-order valence-corrected chi connectivity index (χ4v) is 0.974. The van der Waals surface area contributed by atoms with Gasteiger partial charge in [0.25, 0.3) is 0 Å². The van der Waals surface area contributed by atoms with E-state index in [-0.39, 0.29) is 5.70 Å². The number of rotatable bonds is 1. The number of nitrogens with zero attached hydrogens (tertiary/aromatic N) is 1. The zero-order valence-corrected chi connectivity index (χ0v) is 5.14. The summed E-state index contributed by atoms with van der Waals surface area (Å²) in [4.78, 5) is 13.6. The molecule has 0 spiro atoms. The zero-order chi connectivity index (χ0) is 6.85. The van der Waals surface area contributed by atoms with Gasteiger partial charge < -0.3 is 10.7 Å². The Balaban J connectivity index is 2.88. The molecule has 1 rings (SSSR count). The average molecular weight is 143 g/mol. The fraction of sp³-hybridized carbons (Fsp3) is 0. The van der Waals surface area contributed by atoms with E-state index in [1.807, 2.05) is 0 Å². The van der Waals surface area contributed by atoms with Crippen molar-refractivity contribution in [1.29, 1.82) is 0 Å². The lowest BCUT2D eigenvalue weighted by atomic mass is 10.5. The lowest BCUT2D eigenvalue weighted by molar-refractivity contribution is -0.114. The van der Waals surface area contributed by atoms with Crippen LogP contribution in [0.4, 0.5) is 0 Å². The SMILES string of the molecule is NC(=O)C1=CS(=O)[C-]=N1. The van der Waals surface area contributed by atoms with Gasteiger partial charge in [0.05, 0.1) is 0 Å². The van der Waals surface area contributed by atoms with Gasteiger partial charge in [-0.25, -0.2) is 0 Å². The Morgan fingerprint density at radius 3 is 2.78 bits per heavy atom. The minimum absolute atomic E-state index is 0.0216. The number of nitrogens with two attached hydrogens (primary N) is 1. The van der Waals surface area contributed by atoms with Crippen LogP contribution in [0.25, 0.3) is 0 Å². The smallest absolute Gasteiger partial charge is 0.184 e. The topological polar surface area (TPSA) is 72.5 Å². The highest BCUT2D eigenvalue weighted by Gasteiger charge is 1.96. The molecule has 1 atom stereocenters. The number of carbonyl (C=O) groups is 1. The molecule has 0 bridgehead atoms. The summed E-state index contributed by atoms with van der Waals surface area (Å²) < 4.78 is 10.4. The molecule has 4 nitrogen and oxygen atoms in total. The van der Waals surface area contributed by atoms with Gasteiger partial charge in [-0.15, -0.1) is 0 Å². The molecule has 1 aliphatic heterocycles. The predicted octanol–water partition coefficient (Wildman–Crippen LogP) is -1.02. The van der Waals surface area contributed by atoms with Gasteiger partial charge in [0.1, 0.15) is 0 Å². The number of carbonyl (C=O) groups excluding carboxylic acids is 1. The molecular weight excluding hydrogens is 140 g/mol. The number of primary amides is 1. The first kappa shape index (κ1) is 6.15. The molecule has 48 valence electrons. The summed E-state index contributed by atoms with van der Waals surface area (Å²) in [6.07, 6.45) is 0. The van der Waals surface area contributed by atoms with Crippen molar-refractivity contribution in [3.8, 4) is 0 Å². The maximum absolute atomic E-state index is 10.4. The molecule has 1 unspecified atom stereocenters. The summed E-state index contributed by atoms with van der Waals surface area (Å²) in [6.45, 7) is 0. The summed E-state index contributed by atoms with van der Waals surface area (Å²) in [7, 11) is -1.35. The van der Waals surface area contributed by atoms with Crippen molar-refractivity contribution in [2.24, 2.45) is 10.7 Å². The molecule has 0 aromatic rings. The van der Waals surface area contributed by atoms with Gasteiger partial charge >= 0.3 is 0 Å². The molecule has 0 saturated heterocycles. The average Bonchev–Trinajstić information content (AvgIpc) is 2.14. The van der Waals surface area contributed by atoms with Crippen LogP contribution in [0.1, 0.15) is 0 Å². The van der Waals surface area contributed by atoms with E-state index in [4.69, 9.17) is 5.73 Å². The minimum Gasteiger partial charge on any atom is -0.437 e. The Bertz CT molecular complexity index is 231. The van der Waals surface area contributed by atoms with Crippen molar-refractivity contribution in [3.63, 3.8) is 0 Å². The van der Waals surface area contributed by atoms with E-state index >= 15 is 0 Å². The Morgan fingerprint density at radius 1 is 1.89 bits per heavy atom. The van der Waals surface area contributed by atoms with Crippen LogP contribution in [-0.2, 0) is 15.6 Å². The summed E-state index contributed by atoms with van der Waals surface area (Å²) >= 11 is 0. The highest BCUT2D eigenvalue weighted by molar-refractivity contribution is 8.01. The summed E-state index contributed by atoms with van der Waals surface area (Å²) in [5.74, 6) is -0.673. The van der Waals surface area contributed by atoms with Gasteiger partial charge in [-0.2, -0.15) is 0 Å². The molecule has 0 aromatic heterocycles. The highest BCUT2D eigenvalue weighted by Crippen LogP contribution is 2.03. The molecule has 2 N–H and O–H groups in total. The molecule has 9 heavy (non-hydrogen) atoms. The molecule has 0 radical (unpaired) electrons. The molecule has 0 saturated carbocycles. The predicted molar refractivity (Wildman–Crippen MR) is 32.9 cm³/mol. The van der Waals surface area contributed by atoms with Crippen molar-refractivity contribution in [1.82, 2.24) is 0 Å². The first-order chi connectivity index (χ1) is 4.20. The normalized spacial score (nSPS) is 24.0. The van der Waals surface area contributed by atoms with Gasteiger partial charge in [-0.3, -0.25) is 9.00 Å². The first-order valence-electron chi connectivity index (χ1n) is 2.09.